The standard InChI is InChI=1S/C19H28N2O6/c1-19(2,17(22)20-11-13-7-6-8-27-13)18(23)21-12-9-14(24-3)16(26-5)15(10-12)25-4/h9-10,13H,6-8,11H2,1-5H3,(H,20,22)(H,21,23). The minimum atomic E-state index is -1.26. The number of rotatable bonds is 8. The van der Waals surface area contributed by atoms with Gasteiger partial charge in [0.2, 0.25) is 17.6 Å². The summed E-state index contributed by atoms with van der Waals surface area (Å²) < 4.78 is 21.3. The van der Waals surface area contributed by atoms with Gasteiger partial charge in [0.25, 0.3) is 0 Å². The summed E-state index contributed by atoms with van der Waals surface area (Å²) in [6.07, 6.45) is 1.92. The molecule has 1 atom stereocenters. The van der Waals surface area contributed by atoms with Crippen molar-refractivity contribution in [3.05, 3.63) is 12.1 Å². The van der Waals surface area contributed by atoms with Gasteiger partial charge in [-0.05, 0) is 26.7 Å². The highest BCUT2D eigenvalue weighted by Crippen LogP contribution is 2.40. The van der Waals surface area contributed by atoms with E-state index in [0.717, 1.165) is 12.8 Å². The second-order valence-electron chi connectivity index (χ2n) is 6.84. The number of methoxy groups -OCH3 is 3. The number of anilines is 1. The number of hydrogen-bond acceptors (Lipinski definition) is 6. The van der Waals surface area contributed by atoms with E-state index in [1.165, 1.54) is 21.3 Å². The molecule has 2 amide bonds. The fourth-order valence-corrected chi connectivity index (χ4v) is 2.78. The molecule has 0 bridgehead atoms. The Morgan fingerprint density at radius 3 is 2.22 bits per heavy atom. The molecule has 0 spiro atoms. The molecule has 0 saturated carbocycles. The van der Waals surface area contributed by atoms with E-state index in [9.17, 15) is 9.59 Å². The molecule has 1 aromatic carbocycles. The van der Waals surface area contributed by atoms with Crippen LogP contribution in [0.4, 0.5) is 5.69 Å². The van der Waals surface area contributed by atoms with Crippen LogP contribution in [0.15, 0.2) is 12.1 Å². The molecule has 1 saturated heterocycles. The molecule has 1 unspecified atom stereocenters. The SMILES string of the molecule is COc1cc(NC(=O)C(C)(C)C(=O)NCC2CCCO2)cc(OC)c1OC. The van der Waals surface area contributed by atoms with Crippen molar-refractivity contribution < 1.29 is 28.5 Å². The lowest BCUT2D eigenvalue weighted by Crippen LogP contribution is -2.47. The lowest BCUT2D eigenvalue weighted by Gasteiger charge is -2.24. The van der Waals surface area contributed by atoms with Crippen molar-refractivity contribution in [2.45, 2.75) is 32.8 Å². The number of ether oxygens (including phenoxy) is 4. The Morgan fingerprint density at radius 2 is 1.74 bits per heavy atom. The predicted octanol–water partition coefficient (Wildman–Crippen LogP) is 1.97. The molecule has 1 aliphatic heterocycles. The van der Waals surface area contributed by atoms with Gasteiger partial charge in [-0.25, -0.2) is 0 Å². The summed E-state index contributed by atoms with van der Waals surface area (Å²) in [6, 6.07) is 3.22. The minimum absolute atomic E-state index is 0.0166. The van der Waals surface area contributed by atoms with E-state index < -0.39 is 11.3 Å². The van der Waals surface area contributed by atoms with E-state index in [-0.39, 0.29) is 12.0 Å². The Hall–Kier alpha value is -2.48. The molecule has 2 N–H and O–H groups in total. The molecule has 0 aliphatic carbocycles. The summed E-state index contributed by atoms with van der Waals surface area (Å²) in [5.74, 6) is 0.441. The highest BCUT2D eigenvalue weighted by Gasteiger charge is 2.36. The third-order valence-corrected chi connectivity index (χ3v) is 4.57. The largest absolute Gasteiger partial charge is 0.493 e. The molecular formula is C19H28N2O6. The van der Waals surface area contributed by atoms with Gasteiger partial charge < -0.3 is 29.6 Å². The number of carbonyl (C=O) groups excluding carboxylic acids is 2. The second-order valence-corrected chi connectivity index (χ2v) is 6.84. The summed E-state index contributed by atoms with van der Waals surface area (Å²) >= 11 is 0. The highest BCUT2D eigenvalue weighted by molar-refractivity contribution is 6.10. The molecule has 1 fully saturated rings. The van der Waals surface area contributed by atoms with Crippen LogP contribution in [0.3, 0.4) is 0 Å². The zero-order valence-corrected chi connectivity index (χ0v) is 16.5. The summed E-state index contributed by atoms with van der Waals surface area (Å²) in [7, 11) is 4.48. The van der Waals surface area contributed by atoms with Gasteiger partial charge >= 0.3 is 0 Å². The first-order valence-corrected chi connectivity index (χ1v) is 8.84. The Bertz CT molecular complexity index is 658. The van der Waals surface area contributed by atoms with Gasteiger partial charge in [-0.15, -0.1) is 0 Å². The third-order valence-electron chi connectivity index (χ3n) is 4.57. The van der Waals surface area contributed by atoms with E-state index in [0.29, 0.717) is 36.1 Å². The summed E-state index contributed by atoms with van der Waals surface area (Å²) in [4.78, 5) is 25.2. The third kappa shape index (κ3) is 4.82. The van der Waals surface area contributed by atoms with Crippen LogP contribution in [0.1, 0.15) is 26.7 Å². The first-order chi connectivity index (χ1) is 12.8. The van der Waals surface area contributed by atoms with Crippen LogP contribution in [0.5, 0.6) is 17.2 Å². The van der Waals surface area contributed by atoms with Crippen molar-refractivity contribution in [2.24, 2.45) is 5.41 Å². The molecule has 0 aromatic heterocycles. The van der Waals surface area contributed by atoms with E-state index in [4.69, 9.17) is 18.9 Å². The van der Waals surface area contributed by atoms with Crippen molar-refractivity contribution in [3.63, 3.8) is 0 Å². The molecule has 0 radical (unpaired) electrons. The fourth-order valence-electron chi connectivity index (χ4n) is 2.78. The van der Waals surface area contributed by atoms with E-state index in [1.54, 1.807) is 26.0 Å². The molecule has 1 heterocycles. The second kappa shape index (κ2) is 8.94. The molecular weight excluding hydrogens is 352 g/mol. The average Bonchev–Trinajstić information content (AvgIpc) is 3.18. The maximum absolute atomic E-state index is 12.7. The Kier molecular flexibility index (Phi) is 6.90. The Morgan fingerprint density at radius 1 is 1.11 bits per heavy atom. The first-order valence-electron chi connectivity index (χ1n) is 8.84. The Labute approximate surface area is 159 Å². The van der Waals surface area contributed by atoms with Crippen molar-refractivity contribution >= 4 is 17.5 Å². The van der Waals surface area contributed by atoms with Gasteiger partial charge in [-0.2, -0.15) is 0 Å². The molecule has 8 heteroatoms. The van der Waals surface area contributed by atoms with E-state index in [2.05, 4.69) is 10.6 Å². The van der Waals surface area contributed by atoms with Gasteiger partial charge in [-0.1, -0.05) is 0 Å². The van der Waals surface area contributed by atoms with Crippen LogP contribution < -0.4 is 24.8 Å². The monoisotopic (exact) mass is 380 g/mol. The molecule has 27 heavy (non-hydrogen) atoms. The van der Waals surface area contributed by atoms with Crippen LogP contribution in [0.2, 0.25) is 0 Å². The summed E-state index contributed by atoms with van der Waals surface area (Å²) in [5.41, 5.74) is -0.826. The molecule has 2 rings (SSSR count). The van der Waals surface area contributed by atoms with Crippen LogP contribution in [0, 0.1) is 5.41 Å². The number of amides is 2. The maximum atomic E-state index is 12.7. The minimum Gasteiger partial charge on any atom is -0.493 e. The fraction of sp³-hybridized carbons (Fsp3) is 0.579. The van der Waals surface area contributed by atoms with Crippen LogP contribution in [-0.4, -0.2) is 52.4 Å². The molecule has 1 aliphatic rings. The smallest absolute Gasteiger partial charge is 0.239 e. The quantitative estimate of drug-likeness (QED) is 0.670. The molecule has 1 aromatic rings. The summed E-state index contributed by atoms with van der Waals surface area (Å²) in [6.45, 7) is 4.27. The number of carbonyl (C=O) groups is 2. The number of nitrogens with one attached hydrogen (secondary N) is 2. The number of hydrogen-bond donors (Lipinski definition) is 2. The zero-order chi connectivity index (χ0) is 20.0. The van der Waals surface area contributed by atoms with E-state index >= 15 is 0 Å². The topological polar surface area (TPSA) is 95.1 Å². The zero-order valence-electron chi connectivity index (χ0n) is 16.5. The van der Waals surface area contributed by atoms with Crippen molar-refractivity contribution in [1.29, 1.82) is 0 Å². The first kappa shape index (κ1) is 20.8. The van der Waals surface area contributed by atoms with Crippen molar-refractivity contribution in [1.82, 2.24) is 5.32 Å². The van der Waals surface area contributed by atoms with Gasteiger partial charge in [0.1, 0.15) is 5.41 Å². The van der Waals surface area contributed by atoms with E-state index in [1.807, 2.05) is 0 Å². The summed E-state index contributed by atoms with van der Waals surface area (Å²) in [5, 5.41) is 5.55. The van der Waals surface area contributed by atoms with Crippen LogP contribution in [-0.2, 0) is 14.3 Å². The van der Waals surface area contributed by atoms with Gasteiger partial charge in [0, 0.05) is 31.0 Å². The molecule has 150 valence electrons. The lowest BCUT2D eigenvalue weighted by atomic mass is 9.90. The van der Waals surface area contributed by atoms with Crippen LogP contribution in [0.25, 0.3) is 0 Å². The highest BCUT2D eigenvalue weighted by atomic mass is 16.5. The molecule has 8 nitrogen and oxygen atoms in total. The predicted molar refractivity (Wildman–Crippen MR) is 100 cm³/mol. The number of benzene rings is 1. The average molecular weight is 380 g/mol. The van der Waals surface area contributed by atoms with Gasteiger partial charge in [-0.3, -0.25) is 9.59 Å². The maximum Gasteiger partial charge on any atom is 0.239 e. The Balaban J connectivity index is 2.08. The van der Waals surface area contributed by atoms with Gasteiger partial charge in [0.05, 0.1) is 27.4 Å². The van der Waals surface area contributed by atoms with Crippen molar-refractivity contribution in [3.8, 4) is 17.2 Å². The van der Waals surface area contributed by atoms with Gasteiger partial charge in [0.15, 0.2) is 11.5 Å². The lowest BCUT2D eigenvalue weighted by molar-refractivity contribution is -0.138. The normalized spacial score (nSPS) is 16.6. The van der Waals surface area contributed by atoms with Crippen LogP contribution >= 0.6 is 0 Å². The van der Waals surface area contributed by atoms with Crippen molar-refractivity contribution in [2.75, 3.05) is 39.8 Å².